The van der Waals surface area contributed by atoms with Crippen LogP contribution < -0.4 is 5.32 Å². The highest BCUT2D eigenvalue weighted by molar-refractivity contribution is 5.01. The van der Waals surface area contributed by atoms with Gasteiger partial charge in [0, 0.05) is 25.4 Å². The minimum Gasteiger partial charge on any atom is -0.372 e. The van der Waals surface area contributed by atoms with Crippen LogP contribution in [0, 0.1) is 5.92 Å². The maximum absolute atomic E-state index is 13.3. The van der Waals surface area contributed by atoms with E-state index in [4.69, 9.17) is 4.74 Å². The van der Waals surface area contributed by atoms with E-state index in [9.17, 15) is 8.78 Å². The fraction of sp³-hybridized carbons (Fsp3) is 1.00. The van der Waals surface area contributed by atoms with Crippen molar-refractivity contribution in [3.05, 3.63) is 0 Å². The van der Waals surface area contributed by atoms with Gasteiger partial charge in [-0.1, -0.05) is 20.3 Å². The highest BCUT2D eigenvalue weighted by Gasteiger charge is 2.49. The number of halogens is 2. The van der Waals surface area contributed by atoms with Crippen LogP contribution in [0.25, 0.3) is 0 Å². The standard InChI is InChI=1S/C14H25F2NO/c1-3-11(2)10-12-13(18-9-8-17-12)4-6-14(15,16)7-5-13/h11-12,17H,3-10H2,1-2H3. The first-order valence-corrected chi connectivity index (χ1v) is 7.23. The zero-order chi connectivity index (χ0) is 13.2. The molecule has 2 atom stereocenters. The predicted molar refractivity (Wildman–Crippen MR) is 68.0 cm³/mol. The molecule has 1 N–H and O–H groups in total. The molecule has 1 saturated heterocycles. The van der Waals surface area contributed by atoms with Crippen molar-refractivity contribution < 1.29 is 13.5 Å². The van der Waals surface area contributed by atoms with Gasteiger partial charge in [0.05, 0.1) is 12.2 Å². The van der Waals surface area contributed by atoms with Crippen LogP contribution in [0.5, 0.6) is 0 Å². The van der Waals surface area contributed by atoms with Crippen molar-refractivity contribution in [3.63, 3.8) is 0 Å². The Bertz CT molecular complexity index is 273. The molecular weight excluding hydrogens is 236 g/mol. The van der Waals surface area contributed by atoms with Crippen LogP contribution in [0.2, 0.25) is 0 Å². The van der Waals surface area contributed by atoms with Crippen LogP contribution in [0.1, 0.15) is 52.4 Å². The first-order valence-electron chi connectivity index (χ1n) is 7.23. The van der Waals surface area contributed by atoms with Crippen LogP contribution >= 0.6 is 0 Å². The van der Waals surface area contributed by atoms with Gasteiger partial charge in [-0.15, -0.1) is 0 Å². The lowest BCUT2D eigenvalue weighted by Gasteiger charge is -2.49. The third-order valence-corrected chi connectivity index (χ3v) is 4.68. The van der Waals surface area contributed by atoms with Crippen LogP contribution in [-0.4, -0.2) is 30.7 Å². The van der Waals surface area contributed by atoms with Gasteiger partial charge in [-0.25, -0.2) is 8.78 Å². The second-order valence-corrected chi connectivity index (χ2v) is 6.03. The van der Waals surface area contributed by atoms with Crippen molar-refractivity contribution in [1.29, 1.82) is 0 Å². The Kier molecular flexibility index (Phi) is 4.27. The average Bonchev–Trinajstić information content (AvgIpc) is 2.36. The van der Waals surface area contributed by atoms with E-state index in [0.29, 0.717) is 25.4 Å². The van der Waals surface area contributed by atoms with Crippen LogP contribution in [0.3, 0.4) is 0 Å². The van der Waals surface area contributed by atoms with Gasteiger partial charge >= 0.3 is 0 Å². The molecule has 1 aliphatic heterocycles. The highest BCUT2D eigenvalue weighted by atomic mass is 19.3. The predicted octanol–water partition coefficient (Wildman–Crippen LogP) is 3.36. The van der Waals surface area contributed by atoms with Gasteiger partial charge in [0.25, 0.3) is 0 Å². The van der Waals surface area contributed by atoms with E-state index < -0.39 is 5.92 Å². The molecule has 1 aliphatic carbocycles. The normalized spacial score (nSPS) is 32.3. The molecule has 106 valence electrons. The monoisotopic (exact) mass is 261 g/mol. The zero-order valence-corrected chi connectivity index (χ0v) is 11.5. The summed E-state index contributed by atoms with van der Waals surface area (Å²) in [6.07, 6.45) is 3.10. The number of hydrogen-bond donors (Lipinski definition) is 1. The SMILES string of the molecule is CCC(C)CC1NCCOC12CCC(F)(F)CC2. The molecule has 0 aromatic carbocycles. The van der Waals surface area contributed by atoms with Gasteiger partial charge in [-0.05, 0) is 25.2 Å². The molecule has 2 unspecified atom stereocenters. The molecule has 0 amide bonds. The molecule has 18 heavy (non-hydrogen) atoms. The molecule has 0 bridgehead atoms. The lowest BCUT2D eigenvalue weighted by molar-refractivity contribution is -0.163. The summed E-state index contributed by atoms with van der Waals surface area (Å²) in [5.41, 5.74) is -0.330. The zero-order valence-electron chi connectivity index (χ0n) is 11.5. The van der Waals surface area contributed by atoms with Crippen molar-refractivity contribution in [2.75, 3.05) is 13.2 Å². The molecule has 1 saturated carbocycles. The van der Waals surface area contributed by atoms with E-state index in [0.717, 1.165) is 19.4 Å². The number of hydrogen-bond acceptors (Lipinski definition) is 2. The molecular formula is C14H25F2NO. The fourth-order valence-corrected chi connectivity index (χ4v) is 3.17. The number of alkyl halides is 2. The van der Waals surface area contributed by atoms with Gasteiger partial charge < -0.3 is 10.1 Å². The van der Waals surface area contributed by atoms with Gasteiger partial charge in [-0.2, -0.15) is 0 Å². The van der Waals surface area contributed by atoms with Gasteiger partial charge in [0.2, 0.25) is 5.92 Å². The Morgan fingerprint density at radius 2 is 1.94 bits per heavy atom. The van der Waals surface area contributed by atoms with Gasteiger partial charge in [-0.3, -0.25) is 0 Å². The summed E-state index contributed by atoms with van der Waals surface area (Å²) in [6, 6.07) is 0.247. The van der Waals surface area contributed by atoms with Crippen molar-refractivity contribution in [3.8, 4) is 0 Å². The Morgan fingerprint density at radius 3 is 2.56 bits per heavy atom. The first kappa shape index (κ1) is 14.2. The lowest BCUT2D eigenvalue weighted by Crippen LogP contribution is -2.60. The number of ether oxygens (including phenoxy) is 1. The van der Waals surface area contributed by atoms with Crippen molar-refractivity contribution >= 4 is 0 Å². The molecule has 1 heterocycles. The van der Waals surface area contributed by atoms with Gasteiger partial charge in [0.15, 0.2) is 0 Å². The summed E-state index contributed by atoms with van der Waals surface area (Å²) in [4.78, 5) is 0. The Morgan fingerprint density at radius 1 is 1.28 bits per heavy atom. The maximum atomic E-state index is 13.3. The molecule has 0 aromatic heterocycles. The lowest BCUT2D eigenvalue weighted by atomic mass is 9.74. The summed E-state index contributed by atoms with van der Waals surface area (Å²) in [7, 11) is 0. The fourth-order valence-electron chi connectivity index (χ4n) is 3.17. The van der Waals surface area contributed by atoms with Crippen molar-refractivity contribution in [2.45, 2.75) is 69.9 Å². The summed E-state index contributed by atoms with van der Waals surface area (Å²) in [5, 5.41) is 3.50. The summed E-state index contributed by atoms with van der Waals surface area (Å²) in [5.74, 6) is -1.86. The van der Waals surface area contributed by atoms with Crippen molar-refractivity contribution in [2.24, 2.45) is 5.92 Å². The Balaban J connectivity index is 2.03. The third kappa shape index (κ3) is 3.02. The van der Waals surface area contributed by atoms with E-state index in [1.807, 2.05) is 0 Å². The molecule has 2 fully saturated rings. The second kappa shape index (κ2) is 5.41. The van der Waals surface area contributed by atoms with E-state index in [1.54, 1.807) is 0 Å². The minimum atomic E-state index is -2.48. The number of morpholine rings is 1. The smallest absolute Gasteiger partial charge is 0.248 e. The van der Waals surface area contributed by atoms with E-state index in [1.165, 1.54) is 0 Å². The summed E-state index contributed by atoms with van der Waals surface area (Å²) >= 11 is 0. The van der Waals surface area contributed by atoms with Crippen LogP contribution in [0.4, 0.5) is 8.78 Å². The number of nitrogens with one attached hydrogen (secondary N) is 1. The largest absolute Gasteiger partial charge is 0.372 e. The van der Waals surface area contributed by atoms with Gasteiger partial charge in [0.1, 0.15) is 0 Å². The van der Waals surface area contributed by atoms with Crippen LogP contribution in [0.15, 0.2) is 0 Å². The maximum Gasteiger partial charge on any atom is 0.248 e. The highest BCUT2D eigenvalue weighted by Crippen LogP contribution is 2.44. The summed E-state index contributed by atoms with van der Waals surface area (Å²) in [6.45, 7) is 5.90. The molecule has 0 aromatic rings. The third-order valence-electron chi connectivity index (χ3n) is 4.68. The van der Waals surface area contributed by atoms with E-state index >= 15 is 0 Å². The number of rotatable bonds is 3. The second-order valence-electron chi connectivity index (χ2n) is 6.03. The van der Waals surface area contributed by atoms with E-state index in [-0.39, 0.29) is 24.5 Å². The van der Waals surface area contributed by atoms with Crippen LogP contribution in [-0.2, 0) is 4.74 Å². The first-order chi connectivity index (χ1) is 8.47. The quantitative estimate of drug-likeness (QED) is 0.841. The molecule has 0 radical (unpaired) electrons. The van der Waals surface area contributed by atoms with Crippen molar-refractivity contribution in [1.82, 2.24) is 5.32 Å². The molecule has 4 heteroatoms. The summed E-state index contributed by atoms with van der Waals surface area (Å²) < 4.78 is 32.6. The Labute approximate surface area is 108 Å². The minimum absolute atomic E-state index is 0.0221. The molecule has 1 spiro atoms. The average molecular weight is 261 g/mol. The topological polar surface area (TPSA) is 21.3 Å². The molecule has 2 aliphatic rings. The Hall–Kier alpha value is -0.220. The van der Waals surface area contributed by atoms with E-state index in [2.05, 4.69) is 19.2 Å². The molecule has 2 rings (SSSR count). The molecule has 2 nitrogen and oxygen atoms in total.